The number of aromatic amines is 1. The van der Waals surface area contributed by atoms with E-state index in [2.05, 4.69) is 4.98 Å². The van der Waals surface area contributed by atoms with E-state index in [-0.39, 0.29) is 11.9 Å². The number of esters is 1. The molecule has 1 amide bonds. The van der Waals surface area contributed by atoms with Gasteiger partial charge in [-0.15, -0.1) is 0 Å². The first-order valence-electron chi connectivity index (χ1n) is 9.04. The highest BCUT2D eigenvalue weighted by Gasteiger charge is 2.38. The van der Waals surface area contributed by atoms with Gasteiger partial charge in [-0.25, -0.2) is 4.79 Å². The number of rotatable bonds is 3. The largest absolute Gasteiger partial charge is 0.467 e. The van der Waals surface area contributed by atoms with Gasteiger partial charge in [0.2, 0.25) is 0 Å². The second-order valence-electron chi connectivity index (χ2n) is 6.93. The van der Waals surface area contributed by atoms with Crippen LogP contribution in [0.2, 0.25) is 0 Å². The average Bonchev–Trinajstić information content (AvgIpc) is 3.04. The fourth-order valence-corrected chi connectivity index (χ4v) is 3.97. The van der Waals surface area contributed by atoms with E-state index in [1.165, 1.54) is 12.0 Å². The number of nitrogens with zero attached hydrogens (tertiary/aromatic N) is 1. The minimum atomic E-state index is -0.570. The number of H-pyrrole nitrogens is 1. The number of hydrogen-bond donors (Lipinski definition) is 2. The third-order valence-electron chi connectivity index (χ3n) is 5.40. The van der Waals surface area contributed by atoms with Gasteiger partial charge in [-0.2, -0.15) is 0 Å². The molecule has 0 aliphatic carbocycles. The number of carbonyl (C=O) groups excluding carboxylic acids is 2. The summed E-state index contributed by atoms with van der Waals surface area (Å²) in [5.41, 5.74) is 3.16. The zero-order valence-electron chi connectivity index (χ0n) is 14.9. The summed E-state index contributed by atoms with van der Waals surface area (Å²) >= 11 is 0. The van der Waals surface area contributed by atoms with Crippen molar-refractivity contribution in [3.63, 3.8) is 0 Å². The Morgan fingerprint density at radius 1 is 1.31 bits per heavy atom. The van der Waals surface area contributed by atoms with Crippen LogP contribution in [0.1, 0.15) is 11.3 Å². The molecule has 0 bridgehead atoms. The Kier molecular flexibility index (Phi) is 4.65. The molecule has 3 heterocycles. The van der Waals surface area contributed by atoms with Gasteiger partial charge in [0.15, 0.2) is 6.54 Å². The maximum absolute atomic E-state index is 13.0. The van der Waals surface area contributed by atoms with E-state index in [0.29, 0.717) is 32.7 Å². The lowest BCUT2D eigenvalue weighted by molar-refractivity contribution is -0.900. The Hall–Kier alpha value is -2.38. The van der Waals surface area contributed by atoms with Crippen LogP contribution >= 0.6 is 0 Å². The highest BCUT2D eigenvalue weighted by Crippen LogP contribution is 2.30. The number of ether oxygens (including phenoxy) is 2. The Morgan fingerprint density at radius 2 is 2.08 bits per heavy atom. The molecule has 1 atom stereocenters. The summed E-state index contributed by atoms with van der Waals surface area (Å²) in [6.45, 7) is 3.78. The number of morpholine rings is 1. The molecule has 0 radical (unpaired) electrons. The van der Waals surface area contributed by atoms with Crippen molar-refractivity contribution in [1.82, 2.24) is 9.88 Å². The SMILES string of the molecule is COC(=O)[C@H]1Cc2c([nH]c3ccccc23)CN1C(=O)C[NH+]1CCOCC1. The molecule has 0 saturated carbocycles. The predicted molar refractivity (Wildman–Crippen MR) is 94.7 cm³/mol. The number of aromatic nitrogens is 1. The second-order valence-corrected chi connectivity index (χ2v) is 6.93. The van der Waals surface area contributed by atoms with Crippen molar-refractivity contribution in [3.8, 4) is 0 Å². The molecule has 1 aromatic carbocycles. The van der Waals surface area contributed by atoms with E-state index in [9.17, 15) is 9.59 Å². The molecule has 2 N–H and O–H groups in total. The molecule has 1 saturated heterocycles. The van der Waals surface area contributed by atoms with Crippen molar-refractivity contribution in [3.05, 3.63) is 35.5 Å². The summed E-state index contributed by atoms with van der Waals surface area (Å²) in [7, 11) is 1.38. The quantitative estimate of drug-likeness (QED) is 0.726. The van der Waals surface area contributed by atoms with E-state index >= 15 is 0 Å². The van der Waals surface area contributed by atoms with Gasteiger partial charge >= 0.3 is 5.97 Å². The van der Waals surface area contributed by atoms with Crippen LogP contribution in [0.4, 0.5) is 0 Å². The third-order valence-corrected chi connectivity index (χ3v) is 5.40. The first-order valence-corrected chi connectivity index (χ1v) is 9.04. The van der Waals surface area contributed by atoms with Crippen molar-refractivity contribution in [2.75, 3.05) is 40.0 Å². The van der Waals surface area contributed by atoms with Gasteiger partial charge < -0.3 is 24.3 Å². The van der Waals surface area contributed by atoms with E-state index in [1.807, 2.05) is 24.3 Å². The van der Waals surface area contributed by atoms with Crippen molar-refractivity contribution in [2.24, 2.45) is 0 Å². The normalized spacial score (nSPS) is 20.8. The predicted octanol–water partition coefficient (Wildman–Crippen LogP) is -0.491. The van der Waals surface area contributed by atoms with Gasteiger partial charge in [0.1, 0.15) is 19.1 Å². The molecule has 2 aliphatic heterocycles. The standard InChI is InChI=1S/C19H23N3O4/c1-25-19(24)17-10-14-13-4-2-3-5-15(13)20-16(14)11-22(17)18(23)12-21-6-8-26-9-7-21/h2-5,17,20H,6-12H2,1H3/p+1/t17-/m1/s1. The first-order chi connectivity index (χ1) is 12.7. The second kappa shape index (κ2) is 7.09. The summed E-state index contributed by atoms with van der Waals surface area (Å²) in [6.07, 6.45) is 0.482. The molecule has 7 heteroatoms. The Labute approximate surface area is 151 Å². The minimum Gasteiger partial charge on any atom is -0.467 e. The molecule has 0 spiro atoms. The minimum absolute atomic E-state index is 0.0124. The number of quaternary nitrogens is 1. The topological polar surface area (TPSA) is 76.1 Å². The number of amides is 1. The fraction of sp³-hybridized carbons (Fsp3) is 0.474. The number of nitrogens with one attached hydrogen (secondary N) is 2. The monoisotopic (exact) mass is 358 g/mol. The number of carbonyl (C=O) groups is 2. The van der Waals surface area contributed by atoms with E-state index in [4.69, 9.17) is 9.47 Å². The molecule has 1 aromatic heterocycles. The Balaban J connectivity index is 1.61. The van der Waals surface area contributed by atoms with Gasteiger partial charge in [-0.3, -0.25) is 4.79 Å². The molecule has 4 rings (SSSR count). The van der Waals surface area contributed by atoms with Crippen molar-refractivity contribution >= 4 is 22.8 Å². The van der Waals surface area contributed by atoms with Crippen LogP contribution in [0, 0.1) is 0 Å². The first kappa shape index (κ1) is 17.1. The van der Waals surface area contributed by atoms with Crippen LogP contribution < -0.4 is 4.90 Å². The molecule has 26 heavy (non-hydrogen) atoms. The van der Waals surface area contributed by atoms with Gasteiger partial charge in [-0.1, -0.05) is 18.2 Å². The molecule has 7 nitrogen and oxygen atoms in total. The fourth-order valence-electron chi connectivity index (χ4n) is 3.97. The van der Waals surface area contributed by atoms with Gasteiger partial charge in [0.05, 0.1) is 26.9 Å². The van der Waals surface area contributed by atoms with E-state index < -0.39 is 6.04 Å². The summed E-state index contributed by atoms with van der Waals surface area (Å²) in [4.78, 5) is 31.6. The molecular weight excluding hydrogens is 334 g/mol. The van der Waals surface area contributed by atoms with Crippen LogP contribution in [0.3, 0.4) is 0 Å². The van der Waals surface area contributed by atoms with Crippen LogP contribution in [0.5, 0.6) is 0 Å². The van der Waals surface area contributed by atoms with Gasteiger partial charge in [0.25, 0.3) is 5.91 Å². The van der Waals surface area contributed by atoms with Gasteiger partial charge in [-0.05, 0) is 11.6 Å². The van der Waals surface area contributed by atoms with E-state index in [1.54, 1.807) is 4.90 Å². The average molecular weight is 358 g/mol. The summed E-state index contributed by atoms with van der Waals surface area (Å²) in [5, 5.41) is 1.11. The Morgan fingerprint density at radius 3 is 2.85 bits per heavy atom. The highest BCUT2D eigenvalue weighted by molar-refractivity contribution is 5.90. The maximum atomic E-state index is 13.0. The van der Waals surface area contributed by atoms with Gasteiger partial charge in [0, 0.05) is 23.0 Å². The zero-order valence-corrected chi connectivity index (χ0v) is 14.9. The van der Waals surface area contributed by atoms with Crippen LogP contribution in [-0.2, 0) is 32.0 Å². The maximum Gasteiger partial charge on any atom is 0.328 e. The molecular formula is C19H24N3O4+. The zero-order chi connectivity index (χ0) is 18.1. The third kappa shape index (κ3) is 3.08. The van der Waals surface area contributed by atoms with E-state index in [0.717, 1.165) is 35.2 Å². The number of hydrogen-bond acceptors (Lipinski definition) is 4. The number of benzene rings is 1. The molecule has 1 fully saturated rings. The van der Waals surface area contributed by atoms with Crippen LogP contribution in [-0.4, -0.2) is 67.8 Å². The number of fused-ring (bicyclic) bond motifs is 3. The number of para-hydroxylation sites is 1. The molecule has 2 aromatic rings. The van der Waals surface area contributed by atoms with Crippen molar-refractivity contribution in [2.45, 2.75) is 19.0 Å². The molecule has 2 aliphatic rings. The molecule has 0 unspecified atom stereocenters. The highest BCUT2D eigenvalue weighted by atomic mass is 16.5. The smallest absolute Gasteiger partial charge is 0.328 e. The lowest BCUT2D eigenvalue weighted by Crippen LogP contribution is -3.15. The Bertz CT molecular complexity index is 825. The van der Waals surface area contributed by atoms with Crippen LogP contribution in [0.25, 0.3) is 10.9 Å². The molecule has 138 valence electrons. The van der Waals surface area contributed by atoms with Crippen molar-refractivity contribution in [1.29, 1.82) is 0 Å². The lowest BCUT2D eigenvalue weighted by atomic mass is 9.96. The van der Waals surface area contributed by atoms with Crippen molar-refractivity contribution < 1.29 is 24.0 Å². The summed E-state index contributed by atoms with van der Waals surface area (Å²) in [5.74, 6) is -0.368. The summed E-state index contributed by atoms with van der Waals surface area (Å²) in [6, 6.07) is 7.47. The summed E-state index contributed by atoms with van der Waals surface area (Å²) < 4.78 is 10.4. The lowest BCUT2D eigenvalue weighted by Gasteiger charge is -2.35. The van der Waals surface area contributed by atoms with Crippen LogP contribution in [0.15, 0.2) is 24.3 Å². The number of methoxy groups -OCH3 is 1.